The quantitative estimate of drug-likeness (QED) is 0.189. The number of sulfonamides is 1. The van der Waals surface area contributed by atoms with E-state index in [1.54, 1.807) is 12.1 Å². The fraction of sp³-hybridized carbons (Fsp3) is 0.750. The van der Waals surface area contributed by atoms with Gasteiger partial charge in [-0.15, -0.1) is 0 Å². The lowest BCUT2D eigenvalue weighted by Gasteiger charge is -2.36. The number of nitrogens with zero attached hydrogens (tertiary/aromatic N) is 1. The fourth-order valence-electron chi connectivity index (χ4n) is 4.69. The first-order chi connectivity index (χ1) is 18.2. The molecule has 238 valence electrons. The van der Waals surface area contributed by atoms with Gasteiger partial charge in [-0.2, -0.15) is 39.4 Å². The van der Waals surface area contributed by atoms with Crippen molar-refractivity contribution in [2.45, 2.75) is 88.3 Å². The maximum atomic E-state index is 14.6. The highest BCUT2D eigenvalue weighted by Gasteiger charge is 2.87. The molecule has 0 bridgehead atoms. The Morgan fingerprint density at radius 1 is 0.927 bits per heavy atom. The summed E-state index contributed by atoms with van der Waals surface area (Å²) < 4.78 is 159. The van der Waals surface area contributed by atoms with Crippen LogP contribution in [-0.4, -0.2) is 55.6 Å². The first-order valence-electron chi connectivity index (χ1n) is 12.5. The predicted molar refractivity (Wildman–Crippen MR) is 138 cm³/mol. The number of nitrogens with two attached hydrogens (primary N) is 1. The molecule has 0 saturated heterocycles. The van der Waals surface area contributed by atoms with Crippen molar-refractivity contribution in [1.82, 2.24) is 4.31 Å². The number of halogens is 9. The molecule has 1 aromatic carbocycles. The van der Waals surface area contributed by atoms with E-state index in [1.165, 1.54) is 12.1 Å². The summed E-state index contributed by atoms with van der Waals surface area (Å²) in [5.41, 5.74) is 6.66. The van der Waals surface area contributed by atoms with Crippen LogP contribution < -0.4 is 5.73 Å². The molecule has 17 heteroatoms. The molecule has 3 unspecified atom stereocenters. The lowest BCUT2D eigenvalue weighted by atomic mass is 9.70. The summed E-state index contributed by atoms with van der Waals surface area (Å²) in [7, 11) is -9.59. The van der Waals surface area contributed by atoms with Gasteiger partial charge in [-0.05, 0) is 48.1 Å². The first kappa shape index (κ1) is 36.0. The van der Waals surface area contributed by atoms with Gasteiger partial charge in [0.1, 0.15) is 0 Å². The molecule has 2 rings (SSSR count). The molecule has 1 aromatic rings. The van der Waals surface area contributed by atoms with E-state index in [-0.39, 0.29) is 32.7 Å². The second-order valence-corrected chi connectivity index (χ2v) is 15.9. The van der Waals surface area contributed by atoms with E-state index in [9.17, 15) is 52.0 Å². The van der Waals surface area contributed by atoms with Gasteiger partial charge >= 0.3 is 31.4 Å². The van der Waals surface area contributed by atoms with Gasteiger partial charge in [0.25, 0.3) is 10.0 Å². The summed E-state index contributed by atoms with van der Waals surface area (Å²) in [4.78, 5) is 0. The summed E-state index contributed by atoms with van der Waals surface area (Å²) in [6.45, 7) is 7.15. The third-order valence-corrected chi connectivity index (χ3v) is 11.5. The zero-order valence-corrected chi connectivity index (χ0v) is 25.3. The van der Waals surface area contributed by atoms with Crippen molar-refractivity contribution < 1.29 is 52.0 Å². The third kappa shape index (κ3) is 6.22. The average Bonchev–Trinajstić information content (AvgIpc) is 3.47. The van der Waals surface area contributed by atoms with Gasteiger partial charge in [0.15, 0.2) is 0 Å². The van der Waals surface area contributed by atoms with E-state index in [4.69, 9.17) is 5.73 Å². The third-order valence-electron chi connectivity index (χ3n) is 8.03. The van der Waals surface area contributed by atoms with Gasteiger partial charge in [-0.1, -0.05) is 58.4 Å². The Bertz CT molecular complexity index is 1320. The van der Waals surface area contributed by atoms with E-state index in [0.717, 1.165) is 25.3 Å². The average molecular weight is 665 g/mol. The van der Waals surface area contributed by atoms with Gasteiger partial charge < -0.3 is 5.73 Å². The molecule has 3 atom stereocenters. The lowest BCUT2D eigenvalue weighted by Crippen LogP contribution is -2.67. The summed E-state index contributed by atoms with van der Waals surface area (Å²) in [5.74, 6) is -14.4. The van der Waals surface area contributed by atoms with Crippen molar-refractivity contribution >= 4 is 29.8 Å². The van der Waals surface area contributed by atoms with Crippen LogP contribution in [0.5, 0.6) is 0 Å². The molecule has 1 aliphatic rings. The highest BCUT2D eigenvalue weighted by atomic mass is 35.7. The smallest absolute Gasteiger partial charge is 0.325 e. The minimum Gasteiger partial charge on any atom is -0.325 e. The van der Waals surface area contributed by atoms with Crippen LogP contribution in [0.25, 0.3) is 0 Å². The van der Waals surface area contributed by atoms with Crippen molar-refractivity contribution in [3.8, 4) is 0 Å². The lowest BCUT2D eigenvalue weighted by molar-refractivity contribution is -0.326. The summed E-state index contributed by atoms with van der Waals surface area (Å²) in [6, 6.07) is 5.80. The second-order valence-electron chi connectivity index (χ2n) is 11.3. The molecule has 1 saturated carbocycles. The van der Waals surface area contributed by atoms with Crippen molar-refractivity contribution in [2.75, 3.05) is 6.54 Å². The number of alkyl halides is 8. The maximum Gasteiger partial charge on any atom is 0.427 e. The number of hydrogen-bond acceptors (Lipinski definition) is 5. The molecule has 0 amide bonds. The maximum absolute atomic E-state index is 14.6. The fourth-order valence-corrected chi connectivity index (χ4v) is 6.85. The van der Waals surface area contributed by atoms with E-state index in [1.807, 2.05) is 13.8 Å². The molecular weight excluding hydrogens is 632 g/mol. The van der Waals surface area contributed by atoms with Crippen LogP contribution in [0, 0.1) is 17.3 Å². The molecule has 2 N–H and O–H groups in total. The van der Waals surface area contributed by atoms with Crippen LogP contribution in [-0.2, 0) is 32.0 Å². The Labute approximate surface area is 239 Å². The first-order valence-corrected chi connectivity index (χ1v) is 16.2. The van der Waals surface area contributed by atoms with Crippen LogP contribution in [0.15, 0.2) is 24.3 Å². The van der Waals surface area contributed by atoms with Crippen molar-refractivity contribution in [2.24, 2.45) is 23.0 Å². The van der Waals surface area contributed by atoms with E-state index in [0.29, 0.717) is 6.42 Å². The second kappa shape index (κ2) is 11.0. The van der Waals surface area contributed by atoms with Crippen molar-refractivity contribution in [3.63, 3.8) is 0 Å². The Morgan fingerprint density at radius 2 is 1.34 bits per heavy atom. The number of hydrogen-bond donors (Lipinski definition) is 1. The van der Waals surface area contributed by atoms with Crippen LogP contribution in [0.3, 0.4) is 0 Å². The van der Waals surface area contributed by atoms with E-state index >= 15 is 0 Å². The highest BCUT2D eigenvalue weighted by Crippen LogP contribution is 2.57. The Kier molecular flexibility index (Phi) is 9.69. The van der Waals surface area contributed by atoms with Crippen molar-refractivity contribution in [3.05, 3.63) is 35.4 Å². The zero-order chi connectivity index (χ0) is 32.3. The summed E-state index contributed by atoms with van der Waals surface area (Å²) in [6.07, 6.45) is 2.25. The molecular formula is C24H33ClF8N2O4S2. The van der Waals surface area contributed by atoms with Gasteiger partial charge in [-0.3, -0.25) is 0 Å². The molecule has 6 nitrogen and oxygen atoms in total. The van der Waals surface area contributed by atoms with Crippen molar-refractivity contribution in [1.29, 1.82) is 0 Å². The monoisotopic (exact) mass is 664 g/mol. The molecule has 0 aromatic heterocycles. The topological polar surface area (TPSA) is 97.5 Å². The van der Waals surface area contributed by atoms with Gasteiger partial charge in [0.05, 0.1) is 0 Å². The SMILES string of the molecule is CCN(Cc1ccc(CC(C2CC2(C)N)C(C)(C)CC)cc1)S(=O)(=O)C(F)(F)C(F)(F)C(F)(F)C(F)(F)S(=O)(=O)Cl. The molecule has 0 radical (unpaired) electrons. The van der Waals surface area contributed by atoms with E-state index in [2.05, 4.69) is 24.5 Å². The van der Waals surface area contributed by atoms with Crippen LogP contribution in [0.1, 0.15) is 58.6 Å². The van der Waals surface area contributed by atoms with Gasteiger partial charge in [0, 0.05) is 29.3 Å². The predicted octanol–water partition coefficient (Wildman–Crippen LogP) is 6.20. The van der Waals surface area contributed by atoms with E-state index < -0.39 is 54.5 Å². The molecule has 1 aliphatic carbocycles. The zero-order valence-electron chi connectivity index (χ0n) is 22.9. The normalized spacial score (nSPS) is 22.2. The Balaban J connectivity index is 2.35. The van der Waals surface area contributed by atoms with Gasteiger partial charge in [0.2, 0.25) is 0 Å². The molecule has 41 heavy (non-hydrogen) atoms. The summed E-state index contributed by atoms with van der Waals surface area (Å²) in [5, 5.41) is -13.8. The minimum atomic E-state index is -7.41. The molecule has 0 heterocycles. The molecule has 0 spiro atoms. The largest absolute Gasteiger partial charge is 0.427 e. The van der Waals surface area contributed by atoms with Crippen LogP contribution in [0.4, 0.5) is 35.1 Å². The van der Waals surface area contributed by atoms with Crippen LogP contribution in [0.2, 0.25) is 0 Å². The highest BCUT2D eigenvalue weighted by molar-refractivity contribution is 8.14. The summed E-state index contributed by atoms with van der Waals surface area (Å²) >= 11 is 0. The Morgan fingerprint density at radius 3 is 1.71 bits per heavy atom. The van der Waals surface area contributed by atoms with Crippen LogP contribution >= 0.6 is 10.7 Å². The minimum absolute atomic E-state index is 0.0000965. The molecule has 1 fully saturated rings. The standard InChI is InChI=1S/C24H33ClF8N2O4S2/c1-6-19(3,4)17(18-13-20(18,5)34)12-15-8-10-16(11-9-15)14-35(7-2)41(38,39)24(32,33)22(28,29)21(26,27)23(30,31)40(25,36)37/h8-11,17-18H,6-7,12-14,34H2,1-5H3. The van der Waals surface area contributed by atoms with Gasteiger partial charge in [-0.25, -0.2) is 16.8 Å². The number of benzene rings is 1. The molecule has 0 aliphatic heterocycles. The number of rotatable bonds is 14. The Hall–Kier alpha value is -1.23.